The van der Waals surface area contributed by atoms with Gasteiger partial charge >= 0.3 is 5.97 Å². The van der Waals surface area contributed by atoms with Crippen LogP contribution < -0.4 is 10.6 Å². The van der Waals surface area contributed by atoms with Crippen molar-refractivity contribution < 1.29 is 14.6 Å². The summed E-state index contributed by atoms with van der Waals surface area (Å²) in [5.74, 6) is -0.526. The summed E-state index contributed by atoms with van der Waals surface area (Å²) in [6.45, 7) is 3.18. The maximum Gasteiger partial charge on any atom is 0.350 e. The zero-order chi connectivity index (χ0) is 15.6. The molecule has 0 amide bonds. The molecule has 1 fully saturated rings. The number of methoxy groups -OCH3 is 1. The van der Waals surface area contributed by atoms with Crippen LogP contribution in [0.1, 0.15) is 41.4 Å². The van der Waals surface area contributed by atoms with Crippen molar-refractivity contribution in [2.75, 3.05) is 30.8 Å². The molecular formula is C14H19N3O3S. The quantitative estimate of drug-likeness (QED) is 0.807. The van der Waals surface area contributed by atoms with Gasteiger partial charge in [0, 0.05) is 13.1 Å². The van der Waals surface area contributed by atoms with Gasteiger partial charge in [-0.1, -0.05) is 0 Å². The van der Waals surface area contributed by atoms with Crippen molar-refractivity contribution in [3.05, 3.63) is 10.4 Å². The van der Waals surface area contributed by atoms with E-state index in [-0.39, 0.29) is 10.6 Å². The number of carbonyl (C=O) groups excluding carboxylic acids is 1. The van der Waals surface area contributed by atoms with E-state index in [1.165, 1.54) is 18.4 Å². The molecule has 2 rings (SSSR count). The fraction of sp³-hybridized carbons (Fsp3) is 0.571. The summed E-state index contributed by atoms with van der Waals surface area (Å²) in [5.41, 5.74) is 5.72. The number of aliphatic hydroxyl groups is 1. The molecule has 1 saturated heterocycles. The topological polar surface area (TPSA) is 99.6 Å². The van der Waals surface area contributed by atoms with Gasteiger partial charge in [0.25, 0.3) is 0 Å². The smallest absolute Gasteiger partial charge is 0.350 e. The van der Waals surface area contributed by atoms with Gasteiger partial charge in [0.1, 0.15) is 21.5 Å². The largest absolute Gasteiger partial charge is 0.465 e. The number of carbonyl (C=O) groups is 1. The van der Waals surface area contributed by atoms with E-state index in [0.717, 1.165) is 19.4 Å². The van der Waals surface area contributed by atoms with Crippen molar-refractivity contribution in [2.45, 2.75) is 31.8 Å². The first-order valence-corrected chi connectivity index (χ1v) is 7.59. The van der Waals surface area contributed by atoms with Gasteiger partial charge in [-0.25, -0.2) is 4.79 Å². The molecule has 1 aromatic heterocycles. The molecule has 3 N–H and O–H groups in total. The lowest BCUT2D eigenvalue weighted by atomic mass is 9.98. The van der Waals surface area contributed by atoms with E-state index in [2.05, 4.69) is 6.07 Å². The van der Waals surface area contributed by atoms with Crippen LogP contribution in [0.2, 0.25) is 0 Å². The first kappa shape index (κ1) is 15.6. The molecular weight excluding hydrogens is 290 g/mol. The lowest BCUT2D eigenvalue weighted by Gasteiger charge is -2.23. The Hall–Kier alpha value is -1.78. The molecule has 1 unspecified atom stereocenters. The standard InChI is InChI=1S/C14H19N3O3S/c1-14(19)4-3-6-17(7-5-14)12-9(8-15)10(16)11(21-12)13(18)20-2/h19H,3-7,16H2,1-2H3. The minimum Gasteiger partial charge on any atom is -0.465 e. The molecule has 21 heavy (non-hydrogen) atoms. The molecule has 0 aromatic carbocycles. The Bertz CT molecular complexity index is 589. The number of thiophene rings is 1. The minimum absolute atomic E-state index is 0.181. The summed E-state index contributed by atoms with van der Waals surface area (Å²) in [6, 6.07) is 2.08. The van der Waals surface area contributed by atoms with E-state index >= 15 is 0 Å². The number of nitrogens with zero attached hydrogens (tertiary/aromatic N) is 2. The molecule has 1 aromatic rings. The molecule has 1 aliphatic heterocycles. The zero-order valence-electron chi connectivity index (χ0n) is 12.2. The summed E-state index contributed by atoms with van der Waals surface area (Å²) in [7, 11) is 1.29. The van der Waals surface area contributed by atoms with E-state index in [1.54, 1.807) is 0 Å². The number of ether oxygens (including phenoxy) is 1. The third-order valence-electron chi connectivity index (χ3n) is 3.76. The summed E-state index contributed by atoms with van der Waals surface area (Å²) in [4.78, 5) is 14.0. The predicted molar refractivity (Wildman–Crippen MR) is 81.5 cm³/mol. The zero-order valence-corrected chi connectivity index (χ0v) is 13.0. The molecule has 1 atom stereocenters. The van der Waals surface area contributed by atoms with Gasteiger partial charge in [0.15, 0.2) is 0 Å². The molecule has 7 heteroatoms. The summed E-state index contributed by atoms with van der Waals surface area (Å²) in [5, 5.41) is 20.2. The first-order chi connectivity index (χ1) is 9.89. The van der Waals surface area contributed by atoms with Gasteiger partial charge in [-0.05, 0) is 26.2 Å². The van der Waals surface area contributed by atoms with E-state index in [1.807, 2.05) is 11.8 Å². The summed E-state index contributed by atoms with van der Waals surface area (Å²) in [6.07, 6.45) is 2.16. The number of nitrogens with two attached hydrogens (primary N) is 1. The number of hydrogen-bond donors (Lipinski definition) is 2. The summed E-state index contributed by atoms with van der Waals surface area (Å²) < 4.78 is 4.70. The monoisotopic (exact) mass is 309 g/mol. The highest BCUT2D eigenvalue weighted by molar-refractivity contribution is 7.18. The third-order valence-corrected chi connectivity index (χ3v) is 5.01. The van der Waals surface area contributed by atoms with E-state index in [9.17, 15) is 15.2 Å². The molecule has 0 saturated carbocycles. The maximum atomic E-state index is 11.7. The van der Waals surface area contributed by atoms with Crippen molar-refractivity contribution in [2.24, 2.45) is 0 Å². The lowest BCUT2D eigenvalue weighted by molar-refractivity contribution is 0.0481. The van der Waals surface area contributed by atoms with Crippen LogP contribution in [0.3, 0.4) is 0 Å². The van der Waals surface area contributed by atoms with E-state index in [0.29, 0.717) is 23.5 Å². The molecule has 6 nitrogen and oxygen atoms in total. The molecule has 0 radical (unpaired) electrons. The normalized spacial score (nSPS) is 22.5. The number of rotatable bonds is 2. The number of nitriles is 1. The third kappa shape index (κ3) is 3.12. The van der Waals surface area contributed by atoms with Crippen molar-refractivity contribution >= 4 is 28.0 Å². The van der Waals surface area contributed by atoms with E-state index < -0.39 is 11.6 Å². The van der Waals surface area contributed by atoms with Crippen LogP contribution in [0, 0.1) is 11.3 Å². The van der Waals surface area contributed by atoms with Crippen LogP contribution in [0.4, 0.5) is 10.7 Å². The molecule has 2 heterocycles. The number of esters is 1. The summed E-state index contributed by atoms with van der Waals surface area (Å²) >= 11 is 1.18. The molecule has 0 aliphatic carbocycles. The fourth-order valence-corrected chi connectivity index (χ4v) is 3.61. The Morgan fingerprint density at radius 1 is 1.52 bits per heavy atom. The number of nitrogen functional groups attached to an aromatic ring is 1. The average Bonchev–Trinajstić information content (AvgIpc) is 2.66. The highest BCUT2D eigenvalue weighted by Gasteiger charge is 2.29. The van der Waals surface area contributed by atoms with Crippen molar-refractivity contribution in [3.8, 4) is 6.07 Å². The van der Waals surface area contributed by atoms with Crippen LogP contribution >= 0.6 is 11.3 Å². The first-order valence-electron chi connectivity index (χ1n) is 6.77. The van der Waals surface area contributed by atoms with Gasteiger partial charge in [0.2, 0.25) is 0 Å². The Labute approximate surface area is 127 Å². The molecule has 1 aliphatic rings. The van der Waals surface area contributed by atoms with Crippen molar-refractivity contribution in [1.82, 2.24) is 0 Å². The second-order valence-corrected chi connectivity index (χ2v) is 6.47. The lowest BCUT2D eigenvalue weighted by Crippen LogP contribution is -2.28. The number of anilines is 2. The van der Waals surface area contributed by atoms with Gasteiger partial charge in [-0.15, -0.1) is 11.3 Å². The highest BCUT2D eigenvalue weighted by atomic mass is 32.1. The second-order valence-electron chi connectivity index (χ2n) is 5.47. The van der Waals surface area contributed by atoms with Gasteiger partial charge < -0.3 is 20.5 Å². The average molecular weight is 309 g/mol. The van der Waals surface area contributed by atoms with Crippen LogP contribution in [-0.2, 0) is 4.74 Å². The fourth-order valence-electron chi connectivity index (χ4n) is 2.47. The maximum absolute atomic E-state index is 11.7. The highest BCUT2D eigenvalue weighted by Crippen LogP contribution is 2.39. The second kappa shape index (κ2) is 5.92. The van der Waals surface area contributed by atoms with Crippen molar-refractivity contribution in [3.63, 3.8) is 0 Å². The van der Waals surface area contributed by atoms with Crippen molar-refractivity contribution in [1.29, 1.82) is 5.26 Å². The Balaban J connectivity index is 2.35. The van der Waals surface area contributed by atoms with Crippen LogP contribution in [-0.4, -0.2) is 36.9 Å². The SMILES string of the molecule is COC(=O)c1sc(N2CCCC(C)(O)CC2)c(C#N)c1N. The van der Waals surface area contributed by atoms with Crippen LogP contribution in [0.25, 0.3) is 0 Å². The molecule has 114 valence electrons. The number of hydrogen-bond acceptors (Lipinski definition) is 7. The predicted octanol–water partition coefficient (Wildman–Crippen LogP) is 1.73. The molecule has 0 spiro atoms. The van der Waals surface area contributed by atoms with E-state index in [4.69, 9.17) is 10.5 Å². The van der Waals surface area contributed by atoms with Crippen LogP contribution in [0.5, 0.6) is 0 Å². The molecule has 0 bridgehead atoms. The van der Waals surface area contributed by atoms with Gasteiger partial charge in [0.05, 0.1) is 18.4 Å². The van der Waals surface area contributed by atoms with Gasteiger partial charge in [-0.3, -0.25) is 0 Å². The van der Waals surface area contributed by atoms with Crippen LogP contribution in [0.15, 0.2) is 0 Å². The minimum atomic E-state index is -0.685. The Morgan fingerprint density at radius 2 is 2.24 bits per heavy atom. The Kier molecular flexibility index (Phi) is 4.40. The Morgan fingerprint density at radius 3 is 2.86 bits per heavy atom. The van der Waals surface area contributed by atoms with Gasteiger partial charge in [-0.2, -0.15) is 5.26 Å².